The van der Waals surface area contributed by atoms with Gasteiger partial charge in [-0.15, -0.1) is 0 Å². The summed E-state index contributed by atoms with van der Waals surface area (Å²) < 4.78 is 4.72. The summed E-state index contributed by atoms with van der Waals surface area (Å²) in [6.07, 6.45) is 3.16. The van der Waals surface area contributed by atoms with E-state index in [0.29, 0.717) is 22.3 Å². The highest BCUT2D eigenvalue weighted by molar-refractivity contribution is 6.04. The summed E-state index contributed by atoms with van der Waals surface area (Å²) in [7, 11) is 1.30. The van der Waals surface area contributed by atoms with Crippen molar-refractivity contribution in [1.29, 1.82) is 5.26 Å². The number of methoxy groups -OCH3 is 1. The molecule has 0 unspecified atom stereocenters. The van der Waals surface area contributed by atoms with E-state index in [4.69, 9.17) is 10.00 Å². The molecular weight excluding hydrogens is 332 g/mol. The van der Waals surface area contributed by atoms with E-state index in [-0.39, 0.29) is 18.0 Å². The smallest absolute Gasteiger partial charge is 0.357 e. The SMILES string of the molecule is COC(=O)c1nccc2cc(NC(=O)Cc3ccc(C#N)nc3)ccc12. The summed E-state index contributed by atoms with van der Waals surface area (Å²) >= 11 is 0. The zero-order chi connectivity index (χ0) is 18.5. The van der Waals surface area contributed by atoms with Crippen LogP contribution < -0.4 is 5.32 Å². The van der Waals surface area contributed by atoms with Gasteiger partial charge in [-0.1, -0.05) is 6.07 Å². The Bertz CT molecular complexity index is 1020. The number of pyridine rings is 2. The van der Waals surface area contributed by atoms with E-state index in [1.54, 1.807) is 36.4 Å². The Morgan fingerprint density at radius 1 is 1.19 bits per heavy atom. The molecule has 0 radical (unpaired) electrons. The van der Waals surface area contributed by atoms with Crippen molar-refractivity contribution < 1.29 is 14.3 Å². The van der Waals surface area contributed by atoms with Crippen LogP contribution in [0.1, 0.15) is 21.7 Å². The molecule has 3 aromatic rings. The largest absolute Gasteiger partial charge is 0.464 e. The number of aromatic nitrogens is 2. The van der Waals surface area contributed by atoms with Gasteiger partial charge in [0, 0.05) is 23.5 Å². The van der Waals surface area contributed by atoms with Gasteiger partial charge in [0.05, 0.1) is 13.5 Å². The molecule has 1 aromatic carbocycles. The second kappa shape index (κ2) is 7.40. The number of carbonyl (C=O) groups is 2. The Morgan fingerprint density at radius 3 is 2.73 bits per heavy atom. The number of anilines is 1. The van der Waals surface area contributed by atoms with Gasteiger partial charge in [0.15, 0.2) is 5.69 Å². The summed E-state index contributed by atoms with van der Waals surface area (Å²) in [6.45, 7) is 0. The predicted octanol–water partition coefficient (Wildman–Crippen LogP) is 2.47. The van der Waals surface area contributed by atoms with Crippen molar-refractivity contribution in [1.82, 2.24) is 9.97 Å². The fraction of sp³-hybridized carbons (Fsp3) is 0.105. The van der Waals surface area contributed by atoms with Crippen molar-refractivity contribution in [2.45, 2.75) is 6.42 Å². The lowest BCUT2D eigenvalue weighted by atomic mass is 10.1. The molecule has 0 aliphatic heterocycles. The number of ether oxygens (including phenoxy) is 1. The fourth-order valence-electron chi connectivity index (χ4n) is 2.50. The van der Waals surface area contributed by atoms with Crippen LogP contribution in [0.4, 0.5) is 5.69 Å². The Hall–Kier alpha value is -3.79. The normalized spacial score (nSPS) is 10.2. The van der Waals surface area contributed by atoms with Crippen LogP contribution in [0.3, 0.4) is 0 Å². The van der Waals surface area contributed by atoms with Crippen LogP contribution in [0.5, 0.6) is 0 Å². The van der Waals surface area contributed by atoms with Gasteiger partial charge >= 0.3 is 5.97 Å². The van der Waals surface area contributed by atoms with Crippen LogP contribution in [-0.2, 0) is 16.0 Å². The van der Waals surface area contributed by atoms with Gasteiger partial charge in [0.2, 0.25) is 5.91 Å². The molecule has 128 valence electrons. The molecule has 0 bridgehead atoms. The molecule has 0 spiro atoms. The van der Waals surface area contributed by atoms with Gasteiger partial charge < -0.3 is 10.1 Å². The highest BCUT2D eigenvalue weighted by atomic mass is 16.5. The van der Waals surface area contributed by atoms with Gasteiger partial charge in [-0.2, -0.15) is 5.26 Å². The van der Waals surface area contributed by atoms with Crippen molar-refractivity contribution in [2.24, 2.45) is 0 Å². The third kappa shape index (κ3) is 3.65. The second-order valence-electron chi connectivity index (χ2n) is 5.48. The molecular formula is C19H14N4O3. The molecule has 1 amide bonds. The number of hydrogen-bond donors (Lipinski definition) is 1. The number of nitrogens with zero attached hydrogens (tertiary/aromatic N) is 3. The first-order chi connectivity index (χ1) is 12.6. The van der Waals surface area contributed by atoms with E-state index in [1.807, 2.05) is 6.07 Å². The van der Waals surface area contributed by atoms with Crippen molar-refractivity contribution >= 4 is 28.3 Å². The van der Waals surface area contributed by atoms with Gasteiger partial charge in [-0.3, -0.25) is 4.79 Å². The number of rotatable bonds is 4. The summed E-state index contributed by atoms with van der Waals surface area (Å²) in [5, 5.41) is 13.0. The summed E-state index contributed by atoms with van der Waals surface area (Å²) in [5.41, 5.74) is 1.84. The van der Waals surface area contributed by atoms with E-state index in [9.17, 15) is 9.59 Å². The highest BCUT2D eigenvalue weighted by Gasteiger charge is 2.12. The third-order valence-corrected chi connectivity index (χ3v) is 3.73. The van der Waals surface area contributed by atoms with Crippen LogP contribution in [0.25, 0.3) is 10.8 Å². The monoisotopic (exact) mass is 346 g/mol. The number of carbonyl (C=O) groups excluding carboxylic acids is 2. The molecule has 2 aromatic heterocycles. The minimum atomic E-state index is -0.513. The fourth-order valence-corrected chi connectivity index (χ4v) is 2.50. The van der Waals surface area contributed by atoms with E-state index in [1.165, 1.54) is 19.5 Å². The van der Waals surface area contributed by atoms with Gasteiger partial charge in [-0.25, -0.2) is 14.8 Å². The second-order valence-corrected chi connectivity index (χ2v) is 5.48. The van der Waals surface area contributed by atoms with Crippen molar-refractivity contribution in [3.8, 4) is 6.07 Å². The average molecular weight is 346 g/mol. The van der Waals surface area contributed by atoms with Crippen molar-refractivity contribution in [3.05, 3.63) is 65.7 Å². The number of amides is 1. The Kier molecular flexibility index (Phi) is 4.85. The molecule has 0 atom stereocenters. The van der Waals surface area contributed by atoms with Gasteiger partial charge in [0.1, 0.15) is 11.8 Å². The zero-order valence-electron chi connectivity index (χ0n) is 13.9. The van der Waals surface area contributed by atoms with E-state index in [0.717, 1.165) is 5.39 Å². The molecule has 26 heavy (non-hydrogen) atoms. The summed E-state index contributed by atoms with van der Waals surface area (Å²) in [6, 6.07) is 12.1. The molecule has 7 heteroatoms. The predicted molar refractivity (Wildman–Crippen MR) is 94.4 cm³/mol. The number of benzene rings is 1. The minimum absolute atomic E-state index is 0.139. The number of hydrogen-bond acceptors (Lipinski definition) is 6. The third-order valence-electron chi connectivity index (χ3n) is 3.73. The molecule has 0 aliphatic rings. The molecule has 0 fully saturated rings. The minimum Gasteiger partial charge on any atom is -0.464 e. The maximum absolute atomic E-state index is 12.2. The molecule has 7 nitrogen and oxygen atoms in total. The van der Waals surface area contributed by atoms with E-state index >= 15 is 0 Å². The lowest BCUT2D eigenvalue weighted by molar-refractivity contribution is -0.115. The van der Waals surface area contributed by atoms with Crippen LogP contribution in [0.2, 0.25) is 0 Å². The van der Waals surface area contributed by atoms with Crippen LogP contribution in [0, 0.1) is 11.3 Å². The standard InChI is InChI=1S/C19H14N4O3/c1-26-19(25)18-16-5-4-14(9-13(16)6-7-21-18)23-17(24)8-12-2-3-15(10-20)22-11-12/h2-7,9,11H,8H2,1H3,(H,23,24). The first-order valence-electron chi connectivity index (χ1n) is 7.72. The Morgan fingerprint density at radius 2 is 2.04 bits per heavy atom. The topological polar surface area (TPSA) is 105 Å². The van der Waals surface area contributed by atoms with E-state index < -0.39 is 5.97 Å². The lowest BCUT2D eigenvalue weighted by Crippen LogP contribution is -2.14. The molecule has 0 saturated heterocycles. The number of esters is 1. The van der Waals surface area contributed by atoms with Crippen LogP contribution in [0.15, 0.2) is 48.8 Å². The molecule has 2 heterocycles. The van der Waals surface area contributed by atoms with Crippen LogP contribution >= 0.6 is 0 Å². The maximum Gasteiger partial charge on any atom is 0.357 e. The Labute approximate surface area is 149 Å². The molecule has 3 rings (SSSR count). The first kappa shape index (κ1) is 17.0. The lowest BCUT2D eigenvalue weighted by Gasteiger charge is -2.08. The van der Waals surface area contributed by atoms with Gasteiger partial charge in [-0.05, 0) is 41.3 Å². The number of fused-ring (bicyclic) bond motifs is 1. The first-order valence-corrected chi connectivity index (χ1v) is 7.72. The molecule has 0 aliphatic carbocycles. The Balaban J connectivity index is 1.77. The maximum atomic E-state index is 12.2. The van der Waals surface area contributed by atoms with E-state index in [2.05, 4.69) is 15.3 Å². The zero-order valence-corrected chi connectivity index (χ0v) is 13.9. The number of nitriles is 1. The van der Waals surface area contributed by atoms with Crippen molar-refractivity contribution in [2.75, 3.05) is 12.4 Å². The highest BCUT2D eigenvalue weighted by Crippen LogP contribution is 2.22. The number of nitrogens with one attached hydrogen (secondary N) is 1. The molecule has 1 N–H and O–H groups in total. The van der Waals surface area contributed by atoms with Crippen molar-refractivity contribution in [3.63, 3.8) is 0 Å². The quantitative estimate of drug-likeness (QED) is 0.728. The average Bonchev–Trinajstić information content (AvgIpc) is 2.67. The summed E-state index contributed by atoms with van der Waals surface area (Å²) in [4.78, 5) is 31.9. The summed E-state index contributed by atoms with van der Waals surface area (Å²) in [5.74, 6) is -0.723. The van der Waals surface area contributed by atoms with Gasteiger partial charge in [0.25, 0.3) is 0 Å². The molecule has 0 saturated carbocycles. The van der Waals surface area contributed by atoms with Crippen LogP contribution in [-0.4, -0.2) is 29.0 Å².